The maximum Gasteiger partial charge on any atom is 0.221 e. The fourth-order valence-electron chi connectivity index (χ4n) is 4.33. The standard InChI is InChI=1S/C29H34N4O4Si/c1-38(2,3)17-16-35-20-33-27(13-15-31-33)21-4-7-24(8-5-21)37-25-9-10-26-22(18-25)12-14-30-29(26)36-19-23-6-11-28(34)32-23/h4-5,7-10,12-15,18,23H,6,11,16-17,19-20H2,1-3H3,(H,32,34)/t23-/m0/s1. The Hall–Kier alpha value is -3.69. The Morgan fingerprint density at radius 3 is 2.61 bits per heavy atom. The second kappa shape index (κ2) is 11.4. The topological polar surface area (TPSA) is 87.5 Å². The number of benzene rings is 2. The minimum absolute atomic E-state index is 0.0336. The summed E-state index contributed by atoms with van der Waals surface area (Å²) in [4.78, 5) is 15.8. The summed E-state index contributed by atoms with van der Waals surface area (Å²) in [6.07, 6.45) is 4.86. The fourth-order valence-corrected chi connectivity index (χ4v) is 5.09. The molecule has 5 rings (SSSR count). The number of carbonyl (C=O) groups excluding carboxylic acids is 1. The van der Waals surface area contributed by atoms with Crippen molar-refractivity contribution in [3.63, 3.8) is 0 Å². The van der Waals surface area contributed by atoms with Crippen LogP contribution >= 0.6 is 0 Å². The number of carbonyl (C=O) groups is 1. The van der Waals surface area contributed by atoms with Crippen LogP contribution in [0, 0.1) is 0 Å². The van der Waals surface area contributed by atoms with Crippen LogP contribution in [-0.4, -0.2) is 48.0 Å². The van der Waals surface area contributed by atoms with E-state index in [-0.39, 0.29) is 11.9 Å². The summed E-state index contributed by atoms with van der Waals surface area (Å²) in [5, 5.41) is 9.22. The first kappa shape index (κ1) is 25.9. The molecule has 2 aromatic heterocycles. The molecule has 1 aliphatic heterocycles. The molecular weight excluding hydrogens is 496 g/mol. The van der Waals surface area contributed by atoms with Crippen LogP contribution in [0.5, 0.6) is 17.4 Å². The minimum atomic E-state index is -1.12. The summed E-state index contributed by atoms with van der Waals surface area (Å²) in [5.41, 5.74) is 2.06. The van der Waals surface area contributed by atoms with E-state index in [1.54, 1.807) is 12.4 Å². The van der Waals surface area contributed by atoms with Gasteiger partial charge in [0.15, 0.2) is 0 Å². The van der Waals surface area contributed by atoms with Gasteiger partial charge in [0.2, 0.25) is 11.8 Å². The first-order valence-corrected chi connectivity index (χ1v) is 16.7. The molecule has 1 saturated heterocycles. The predicted molar refractivity (Wildman–Crippen MR) is 150 cm³/mol. The number of amides is 1. The molecular formula is C29H34N4O4Si. The van der Waals surface area contributed by atoms with Gasteiger partial charge in [0.1, 0.15) is 24.8 Å². The Kier molecular flexibility index (Phi) is 7.76. The third-order valence-corrected chi connectivity index (χ3v) is 8.22. The summed E-state index contributed by atoms with van der Waals surface area (Å²) in [5.74, 6) is 2.10. The van der Waals surface area contributed by atoms with Crippen LogP contribution in [0.15, 0.2) is 67.0 Å². The van der Waals surface area contributed by atoms with Gasteiger partial charge in [-0.05, 0) is 72.4 Å². The van der Waals surface area contributed by atoms with Gasteiger partial charge in [0.05, 0.1) is 11.7 Å². The lowest BCUT2D eigenvalue weighted by Gasteiger charge is -2.16. The number of hydrogen-bond acceptors (Lipinski definition) is 6. The quantitative estimate of drug-likeness (QED) is 0.193. The number of nitrogens with one attached hydrogen (secondary N) is 1. The molecule has 1 fully saturated rings. The number of ether oxygens (including phenoxy) is 3. The molecule has 1 atom stereocenters. The van der Waals surface area contributed by atoms with Crippen LogP contribution in [0.25, 0.3) is 22.0 Å². The van der Waals surface area contributed by atoms with E-state index in [1.807, 2.05) is 59.3 Å². The fraction of sp³-hybridized carbons (Fsp3) is 0.345. The molecule has 38 heavy (non-hydrogen) atoms. The largest absolute Gasteiger partial charge is 0.475 e. The van der Waals surface area contributed by atoms with Crippen molar-refractivity contribution in [2.75, 3.05) is 13.2 Å². The second-order valence-corrected chi connectivity index (χ2v) is 16.4. The molecule has 9 heteroatoms. The van der Waals surface area contributed by atoms with Crippen molar-refractivity contribution in [1.82, 2.24) is 20.1 Å². The predicted octanol–water partition coefficient (Wildman–Crippen LogP) is 5.86. The molecule has 2 aromatic carbocycles. The van der Waals surface area contributed by atoms with Crippen LogP contribution in [0.4, 0.5) is 0 Å². The molecule has 1 N–H and O–H groups in total. The number of fused-ring (bicyclic) bond motifs is 1. The van der Waals surface area contributed by atoms with E-state index in [4.69, 9.17) is 14.2 Å². The Morgan fingerprint density at radius 2 is 1.84 bits per heavy atom. The number of hydrogen-bond donors (Lipinski definition) is 1. The summed E-state index contributed by atoms with van der Waals surface area (Å²) in [7, 11) is -1.12. The lowest BCUT2D eigenvalue weighted by Crippen LogP contribution is -2.31. The van der Waals surface area contributed by atoms with E-state index >= 15 is 0 Å². The molecule has 8 nitrogen and oxygen atoms in total. The monoisotopic (exact) mass is 530 g/mol. The Bertz CT molecular complexity index is 1400. The molecule has 0 bridgehead atoms. The number of pyridine rings is 1. The van der Waals surface area contributed by atoms with Crippen molar-refractivity contribution < 1.29 is 19.0 Å². The van der Waals surface area contributed by atoms with Gasteiger partial charge in [-0.15, -0.1) is 0 Å². The summed E-state index contributed by atoms with van der Waals surface area (Å²) < 4.78 is 19.8. The van der Waals surface area contributed by atoms with Crippen molar-refractivity contribution in [3.8, 4) is 28.6 Å². The van der Waals surface area contributed by atoms with Gasteiger partial charge >= 0.3 is 0 Å². The Labute approximate surface area is 223 Å². The SMILES string of the molecule is C[Si](C)(C)CCOCn1nccc1-c1ccc(Oc2ccc3c(OC[C@@H]4CCC(=O)N4)nccc3c2)cc1. The molecule has 4 aromatic rings. The van der Waals surface area contributed by atoms with E-state index < -0.39 is 8.07 Å². The molecule has 198 valence electrons. The summed E-state index contributed by atoms with van der Waals surface area (Å²) in [6.45, 7) is 8.66. The third-order valence-electron chi connectivity index (χ3n) is 6.52. The average Bonchev–Trinajstić information content (AvgIpc) is 3.54. The average molecular weight is 531 g/mol. The molecule has 0 aliphatic carbocycles. The Morgan fingerprint density at radius 1 is 1.03 bits per heavy atom. The van der Waals surface area contributed by atoms with Gasteiger partial charge in [-0.2, -0.15) is 5.10 Å². The highest BCUT2D eigenvalue weighted by molar-refractivity contribution is 6.76. The molecule has 0 radical (unpaired) electrons. The molecule has 1 amide bonds. The highest BCUT2D eigenvalue weighted by Gasteiger charge is 2.21. The van der Waals surface area contributed by atoms with Crippen LogP contribution in [0.2, 0.25) is 25.7 Å². The van der Waals surface area contributed by atoms with Gasteiger partial charge < -0.3 is 19.5 Å². The van der Waals surface area contributed by atoms with E-state index in [1.165, 1.54) is 0 Å². The van der Waals surface area contributed by atoms with E-state index in [0.29, 0.717) is 25.6 Å². The maximum absolute atomic E-state index is 11.4. The zero-order chi connectivity index (χ0) is 26.5. The van der Waals surface area contributed by atoms with Crippen molar-refractivity contribution >= 4 is 24.8 Å². The lowest BCUT2D eigenvalue weighted by atomic mass is 10.1. The first-order valence-electron chi connectivity index (χ1n) is 13.0. The summed E-state index contributed by atoms with van der Waals surface area (Å²) >= 11 is 0. The first-order chi connectivity index (χ1) is 18.3. The highest BCUT2D eigenvalue weighted by Crippen LogP contribution is 2.31. The summed E-state index contributed by atoms with van der Waals surface area (Å²) in [6, 6.07) is 18.9. The minimum Gasteiger partial charge on any atom is -0.475 e. The normalized spacial score (nSPS) is 15.6. The van der Waals surface area contributed by atoms with Crippen LogP contribution in [0.3, 0.4) is 0 Å². The van der Waals surface area contributed by atoms with E-state index in [9.17, 15) is 4.79 Å². The number of rotatable bonds is 11. The third kappa shape index (κ3) is 6.59. The van der Waals surface area contributed by atoms with E-state index in [0.717, 1.165) is 52.6 Å². The van der Waals surface area contributed by atoms with E-state index in [2.05, 4.69) is 35.0 Å². The molecule has 3 heterocycles. The van der Waals surface area contributed by atoms with Crippen molar-refractivity contribution in [3.05, 3.63) is 67.0 Å². The van der Waals surface area contributed by atoms with Crippen LogP contribution in [-0.2, 0) is 16.3 Å². The van der Waals surface area contributed by atoms with Gasteiger partial charge in [0.25, 0.3) is 0 Å². The maximum atomic E-state index is 11.4. The highest BCUT2D eigenvalue weighted by atomic mass is 28.3. The number of nitrogens with zero attached hydrogens (tertiary/aromatic N) is 3. The van der Waals surface area contributed by atoms with Gasteiger partial charge in [-0.25, -0.2) is 9.67 Å². The van der Waals surface area contributed by atoms with Crippen molar-refractivity contribution in [1.29, 1.82) is 0 Å². The molecule has 1 aliphatic rings. The van der Waals surface area contributed by atoms with Gasteiger partial charge in [0, 0.05) is 44.4 Å². The second-order valence-electron chi connectivity index (χ2n) is 10.8. The van der Waals surface area contributed by atoms with Crippen LogP contribution < -0.4 is 14.8 Å². The molecule has 0 saturated carbocycles. The number of aromatic nitrogens is 3. The molecule has 0 unspecified atom stereocenters. The lowest BCUT2D eigenvalue weighted by molar-refractivity contribution is -0.119. The van der Waals surface area contributed by atoms with Gasteiger partial charge in [-0.3, -0.25) is 4.79 Å². The van der Waals surface area contributed by atoms with Crippen molar-refractivity contribution in [2.45, 2.75) is 51.3 Å². The Balaban J connectivity index is 1.21. The van der Waals surface area contributed by atoms with Gasteiger partial charge in [-0.1, -0.05) is 19.6 Å². The molecule has 0 spiro atoms. The van der Waals surface area contributed by atoms with Crippen LogP contribution in [0.1, 0.15) is 12.8 Å². The van der Waals surface area contributed by atoms with Crippen molar-refractivity contribution in [2.24, 2.45) is 0 Å². The zero-order valence-corrected chi connectivity index (χ0v) is 23.1. The zero-order valence-electron chi connectivity index (χ0n) is 22.1. The smallest absolute Gasteiger partial charge is 0.221 e.